The molecule has 1 aromatic rings. The zero-order chi connectivity index (χ0) is 23.9. The van der Waals surface area contributed by atoms with Gasteiger partial charge in [0.05, 0.1) is 6.42 Å². The number of hydrogen-bond donors (Lipinski definition) is 4. The summed E-state index contributed by atoms with van der Waals surface area (Å²) in [6.45, 7) is 5.66. The Balaban J connectivity index is 1.79. The standard InChI is InChI=1S/C23H34FNO7/c1-23(2,3)17(26)9-4-5-10-31-22-21(30)20(29)19(28)16(32-22)13-25-18(27)12-14-7-6-8-15(24)11-14/h6-8,11,16,19-22,28-30H,4-5,9-10,12-13H2,1-3H3,(H,25,27)/t16?,19-,20-,21?,22+/m0/s1. The van der Waals surface area contributed by atoms with Gasteiger partial charge in [0.2, 0.25) is 5.91 Å². The van der Waals surface area contributed by atoms with E-state index in [1.807, 2.05) is 20.8 Å². The monoisotopic (exact) mass is 455 g/mol. The van der Waals surface area contributed by atoms with E-state index in [-0.39, 0.29) is 25.4 Å². The van der Waals surface area contributed by atoms with Crippen LogP contribution in [0, 0.1) is 11.2 Å². The van der Waals surface area contributed by atoms with Gasteiger partial charge in [-0.2, -0.15) is 0 Å². The first kappa shape index (κ1) is 26.3. The summed E-state index contributed by atoms with van der Waals surface area (Å²) in [4.78, 5) is 24.1. The molecule has 0 aliphatic carbocycles. The Hall–Kier alpha value is -1.91. The van der Waals surface area contributed by atoms with Crippen molar-refractivity contribution >= 4 is 11.7 Å². The van der Waals surface area contributed by atoms with Gasteiger partial charge in [0.15, 0.2) is 6.29 Å². The van der Waals surface area contributed by atoms with Crippen molar-refractivity contribution in [1.29, 1.82) is 0 Å². The Labute approximate surface area is 187 Å². The number of carbonyl (C=O) groups excluding carboxylic acids is 2. The molecule has 2 rings (SSSR count). The Kier molecular flexibility index (Phi) is 9.72. The summed E-state index contributed by atoms with van der Waals surface area (Å²) in [6.07, 6.45) is -5.05. The molecule has 0 saturated carbocycles. The lowest BCUT2D eigenvalue weighted by molar-refractivity contribution is -0.295. The summed E-state index contributed by atoms with van der Waals surface area (Å²) >= 11 is 0. The second-order valence-electron chi connectivity index (χ2n) is 9.13. The molecule has 180 valence electrons. The summed E-state index contributed by atoms with van der Waals surface area (Å²) in [5.41, 5.74) is 0.102. The Morgan fingerprint density at radius 2 is 1.84 bits per heavy atom. The Morgan fingerprint density at radius 3 is 2.50 bits per heavy atom. The van der Waals surface area contributed by atoms with Crippen molar-refractivity contribution in [3.05, 3.63) is 35.6 Å². The maximum absolute atomic E-state index is 13.2. The first-order valence-electron chi connectivity index (χ1n) is 10.8. The lowest BCUT2D eigenvalue weighted by atomic mass is 9.88. The van der Waals surface area contributed by atoms with Crippen molar-refractivity contribution < 1.29 is 38.8 Å². The van der Waals surface area contributed by atoms with Crippen molar-refractivity contribution in [1.82, 2.24) is 5.32 Å². The number of halogens is 1. The molecule has 0 spiro atoms. The normalized spacial score (nSPS) is 26.0. The number of aliphatic hydroxyl groups excluding tert-OH is 3. The predicted molar refractivity (Wildman–Crippen MR) is 114 cm³/mol. The van der Waals surface area contributed by atoms with Crippen LogP contribution in [0.2, 0.25) is 0 Å². The fraction of sp³-hybridized carbons (Fsp3) is 0.652. The van der Waals surface area contributed by atoms with Crippen molar-refractivity contribution in [2.24, 2.45) is 5.41 Å². The molecule has 32 heavy (non-hydrogen) atoms. The zero-order valence-electron chi connectivity index (χ0n) is 18.8. The topological polar surface area (TPSA) is 125 Å². The van der Waals surface area contributed by atoms with E-state index in [4.69, 9.17) is 9.47 Å². The molecule has 0 aromatic heterocycles. The molecule has 4 N–H and O–H groups in total. The second-order valence-corrected chi connectivity index (χ2v) is 9.13. The summed E-state index contributed by atoms with van der Waals surface area (Å²) < 4.78 is 24.3. The van der Waals surface area contributed by atoms with Gasteiger partial charge in [0.25, 0.3) is 0 Å². The molecular weight excluding hydrogens is 421 g/mol. The van der Waals surface area contributed by atoms with Crippen LogP contribution in [0.15, 0.2) is 24.3 Å². The number of rotatable bonds is 10. The van der Waals surface area contributed by atoms with Gasteiger partial charge < -0.3 is 30.1 Å². The highest BCUT2D eigenvalue weighted by molar-refractivity contribution is 5.83. The van der Waals surface area contributed by atoms with Crippen LogP contribution < -0.4 is 5.32 Å². The minimum Gasteiger partial charge on any atom is -0.388 e. The molecule has 1 aliphatic heterocycles. The lowest BCUT2D eigenvalue weighted by Crippen LogP contribution is -2.60. The number of nitrogens with one attached hydrogen (secondary N) is 1. The highest BCUT2D eigenvalue weighted by Crippen LogP contribution is 2.23. The van der Waals surface area contributed by atoms with Crippen LogP contribution in [0.5, 0.6) is 0 Å². The number of benzene rings is 1. The van der Waals surface area contributed by atoms with Gasteiger partial charge in [-0.25, -0.2) is 4.39 Å². The molecule has 1 saturated heterocycles. The van der Waals surface area contributed by atoms with Crippen LogP contribution >= 0.6 is 0 Å². The van der Waals surface area contributed by atoms with E-state index in [2.05, 4.69) is 5.32 Å². The highest BCUT2D eigenvalue weighted by atomic mass is 19.1. The van der Waals surface area contributed by atoms with E-state index in [0.717, 1.165) is 0 Å². The van der Waals surface area contributed by atoms with E-state index < -0.39 is 47.8 Å². The molecule has 9 heteroatoms. The average molecular weight is 456 g/mol. The van der Waals surface area contributed by atoms with E-state index in [1.54, 1.807) is 6.07 Å². The third-order valence-corrected chi connectivity index (χ3v) is 5.34. The lowest BCUT2D eigenvalue weighted by Gasteiger charge is -2.40. The number of hydrogen-bond acceptors (Lipinski definition) is 7. The molecule has 1 heterocycles. The maximum atomic E-state index is 13.2. The van der Waals surface area contributed by atoms with Crippen molar-refractivity contribution in [2.75, 3.05) is 13.2 Å². The number of aliphatic hydroxyl groups is 3. The minimum atomic E-state index is -1.51. The molecule has 2 unspecified atom stereocenters. The fourth-order valence-electron chi connectivity index (χ4n) is 3.29. The molecule has 0 radical (unpaired) electrons. The third-order valence-electron chi connectivity index (χ3n) is 5.34. The summed E-state index contributed by atoms with van der Waals surface area (Å²) in [5.74, 6) is -0.701. The fourth-order valence-corrected chi connectivity index (χ4v) is 3.29. The quantitative estimate of drug-likeness (QED) is 0.389. The molecule has 5 atom stereocenters. The number of unbranched alkanes of at least 4 members (excludes halogenated alkanes) is 1. The zero-order valence-corrected chi connectivity index (χ0v) is 18.8. The van der Waals surface area contributed by atoms with Crippen LogP contribution in [0.25, 0.3) is 0 Å². The average Bonchev–Trinajstić information content (AvgIpc) is 2.71. The first-order valence-corrected chi connectivity index (χ1v) is 10.8. The van der Waals surface area contributed by atoms with Gasteiger partial charge in [-0.3, -0.25) is 9.59 Å². The SMILES string of the molecule is CC(C)(C)C(=O)CCCCO[C@@H]1OC(CNC(=O)Cc2cccc(F)c2)[C@H](O)[C@H](O)C1O. The number of ether oxygens (including phenoxy) is 2. The number of Topliss-reactive ketones (excluding diaryl/α,β-unsaturated/α-hetero) is 1. The molecule has 1 fully saturated rings. The van der Waals surface area contributed by atoms with Crippen LogP contribution in [0.1, 0.15) is 45.6 Å². The van der Waals surface area contributed by atoms with Crippen molar-refractivity contribution in [3.63, 3.8) is 0 Å². The Bertz CT molecular complexity index is 767. The largest absolute Gasteiger partial charge is 0.388 e. The maximum Gasteiger partial charge on any atom is 0.224 e. The summed E-state index contributed by atoms with van der Waals surface area (Å²) in [5, 5.41) is 33.0. The van der Waals surface area contributed by atoms with Crippen LogP contribution in [0.3, 0.4) is 0 Å². The van der Waals surface area contributed by atoms with E-state index in [0.29, 0.717) is 24.8 Å². The first-order chi connectivity index (χ1) is 15.0. The van der Waals surface area contributed by atoms with Crippen LogP contribution in [0.4, 0.5) is 4.39 Å². The van der Waals surface area contributed by atoms with Crippen molar-refractivity contribution in [2.45, 2.75) is 77.2 Å². The predicted octanol–water partition coefficient (Wildman–Crippen LogP) is 1.09. The smallest absolute Gasteiger partial charge is 0.224 e. The van der Waals surface area contributed by atoms with Gasteiger partial charge in [-0.05, 0) is 30.5 Å². The molecule has 1 aromatic carbocycles. The summed E-state index contributed by atoms with van der Waals surface area (Å²) in [7, 11) is 0. The van der Waals surface area contributed by atoms with Crippen LogP contribution in [-0.2, 0) is 25.5 Å². The van der Waals surface area contributed by atoms with E-state index >= 15 is 0 Å². The Morgan fingerprint density at radius 1 is 1.12 bits per heavy atom. The third kappa shape index (κ3) is 7.90. The van der Waals surface area contributed by atoms with Crippen molar-refractivity contribution in [3.8, 4) is 0 Å². The van der Waals surface area contributed by atoms with Gasteiger partial charge in [0, 0.05) is 25.0 Å². The van der Waals surface area contributed by atoms with Gasteiger partial charge in [-0.15, -0.1) is 0 Å². The molecule has 0 bridgehead atoms. The van der Waals surface area contributed by atoms with Gasteiger partial charge in [0.1, 0.15) is 36.0 Å². The minimum absolute atomic E-state index is 0.0566. The molecule has 1 aliphatic rings. The van der Waals surface area contributed by atoms with E-state index in [9.17, 15) is 29.3 Å². The molecule has 8 nitrogen and oxygen atoms in total. The second kappa shape index (κ2) is 11.8. The summed E-state index contributed by atoms with van der Waals surface area (Å²) in [6, 6.07) is 5.66. The number of carbonyl (C=O) groups is 2. The molecule has 1 amide bonds. The molecular formula is C23H34FNO7. The highest BCUT2D eigenvalue weighted by Gasteiger charge is 2.44. The van der Waals surface area contributed by atoms with Crippen LogP contribution in [-0.4, -0.2) is 70.9 Å². The van der Waals surface area contributed by atoms with Gasteiger partial charge in [-0.1, -0.05) is 32.9 Å². The van der Waals surface area contributed by atoms with E-state index in [1.165, 1.54) is 18.2 Å². The van der Waals surface area contributed by atoms with Gasteiger partial charge >= 0.3 is 0 Å². The number of amides is 1. The number of ketones is 1.